The fourth-order valence-electron chi connectivity index (χ4n) is 2.68. The van der Waals surface area contributed by atoms with Crippen molar-refractivity contribution in [3.63, 3.8) is 0 Å². The molecule has 1 aromatic heterocycles. The zero-order chi connectivity index (χ0) is 16.1. The molecular formula is C18H23N3O2. The summed E-state index contributed by atoms with van der Waals surface area (Å²) >= 11 is 0. The van der Waals surface area contributed by atoms with E-state index in [9.17, 15) is 0 Å². The summed E-state index contributed by atoms with van der Waals surface area (Å²) in [7, 11) is 0. The molecule has 1 saturated heterocycles. The molecule has 0 saturated carbocycles. The lowest BCUT2D eigenvalue weighted by Crippen LogP contribution is -2.44. The quantitative estimate of drug-likeness (QED) is 0.920. The van der Waals surface area contributed by atoms with Crippen LogP contribution in [-0.4, -0.2) is 35.3 Å². The maximum atomic E-state index is 6.14. The van der Waals surface area contributed by atoms with Crippen LogP contribution in [0.5, 0.6) is 0 Å². The number of nitrogens with one attached hydrogen (secondary N) is 1. The smallest absolute Gasteiger partial charge is 0.132 e. The summed E-state index contributed by atoms with van der Waals surface area (Å²) in [6, 6.07) is 10.3. The second-order valence-corrected chi connectivity index (χ2v) is 5.90. The van der Waals surface area contributed by atoms with Gasteiger partial charge in [-0.3, -0.25) is 0 Å². The molecule has 2 heterocycles. The maximum Gasteiger partial charge on any atom is 0.132 e. The van der Waals surface area contributed by atoms with Crippen molar-refractivity contribution in [3.05, 3.63) is 53.5 Å². The molecule has 122 valence electrons. The first-order valence-electron chi connectivity index (χ1n) is 8.02. The van der Waals surface area contributed by atoms with Crippen LogP contribution >= 0.6 is 0 Å². The van der Waals surface area contributed by atoms with E-state index in [0.717, 1.165) is 30.2 Å². The van der Waals surface area contributed by atoms with Crippen molar-refractivity contribution in [1.29, 1.82) is 0 Å². The average molecular weight is 313 g/mol. The van der Waals surface area contributed by atoms with Gasteiger partial charge in [0.25, 0.3) is 0 Å². The van der Waals surface area contributed by atoms with E-state index in [1.165, 1.54) is 5.56 Å². The molecule has 0 radical (unpaired) electrons. The fourth-order valence-corrected chi connectivity index (χ4v) is 2.68. The van der Waals surface area contributed by atoms with Crippen LogP contribution in [0.4, 0.5) is 5.82 Å². The second kappa shape index (κ2) is 7.53. The molecule has 1 N–H and O–H groups in total. The summed E-state index contributed by atoms with van der Waals surface area (Å²) in [5.74, 6) is 1.62. The van der Waals surface area contributed by atoms with Crippen LogP contribution in [0.2, 0.25) is 0 Å². The van der Waals surface area contributed by atoms with Gasteiger partial charge in [0.2, 0.25) is 0 Å². The van der Waals surface area contributed by atoms with Crippen molar-refractivity contribution >= 4 is 5.82 Å². The van der Waals surface area contributed by atoms with Crippen LogP contribution in [0.1, 0.15) is 23.4 Å². The molecule has 0 amide bonds. The molecule has 0 unspecified atom stereocenters. The minimum atomic E-state index is 0.0977. The summed E-state index contributed by atoms with van der Waals surface area (Å²) in [5.41, 5.74) is 2.22. The Morgan fingerprint density at radius 1 is 1.26 bits per heavy atom. The number of hydrogen-bond donors (Lipinski definition) is 1. The zero-order valence-corrected chi connectivity index (χ0v) is 13.7. The molecule has 23 heavy (non-hydrogen) atoms. The highest BCUT2D eigenvalue weighted by atomic mass is 16.5. The van der Waals surface area contributed by atoms with Gasteiger partial charge in [0.1, 0.15) is 11.6 Å². The number of hydrogen-bond acceptors (Lipinski definition) is 5. The molecule has 1 aliphatic heterocycles. The standard InChI is InChI=1S/C18H23N3O2/c1-13-10-19-14(2)20-18(13)21-16-12-22-9-8-17(16)23-11-15-6-4-3-5-7-15/h3-7,10,16-17H,8-9,11-12H2,1-2H3,(H,19,20,21)/t16-,17+/m1/s1. The maximum absolute atomic E-state index is 6.14. The van der Waals surface area contributed by atoms with Crippen LogP contribution in [0, 0.1) is 13.8 Å². The Hall–Kier alpha value is -1.98. The minimum Gasteiger partial charge on any atom is -0.379 e. The summed E-state index contributed by atoms with van der Waals surface area (Å²) < 4.78 is 11.8. The topological polar surface area (TPSA) is 56.3 Å². The first kappa shape index (κ1) is 15.9. The first-order chi connectivity index (χ1) is 11.2. The third-order valence-electron chi connectivity index (χ3n) is 4.01. The number of anilines is 1. The number of nitrogens with zero attached hydrogens (tertiary/aromatic N) is 2. The third kappa shape index (κ3) is 4.27. The van der Waals surface area contributed by atoms with Gasteiger partial charge in [-0.1, -0.05) is 30.3 Å². The first-order valence-corrected chi connectivity index (χ1v) is 8.02. The SMILES string of the molecule is Cc1ncc(C)c(N[C@@H]2COCC[C@@H]2OCc2ccccc2)n1. The summed E-state index contributed by atoms with van der Waals surface area (Å²) in [5, 5.41) is 3.48. The molecule has 1 aliphatic rings. The lowest BCUT2D eigenvalue weighted by Gasteiger charge is -2.32. The van der Waals surface area contributed by atoms with Gasteiger partial charge < -0.3 is 14.8 Å². The molecule has 1 aromatic carbocycles. The molecule has 0 spiro atoms. The molecule has 2 atom stereocenters. The molecule has 0 aliphatic carbocycles. The Bertz CT molecular complexity index is 633. The van der Waals surface area contributed by atoms with Crippen LogP contribution in [-0.2, 0) is 16.1 Å². The Morgan fingerprint density at radius 2 is 2.09 bits per heavy atom. The van der Waals surface area contributed by atoms with E-state index in [-0.39, 0.29) is 12.1 Å². The summed E-state index contributed by atoms with van der Waals surface area (Å²) in [6.45, 7) is 5.88. The number of rotatable bonds is 5. The van der Waals surface area contributed by atoms with Gasteiger partial charge >= 0.3 is 0 Å². The van der Waals surface area contributed by atoms with Gasteiger partial charge in [0, 0.05) is 18.4 Å². The van der Waals surface area contributed by atoms with Gasteiger partial charge in [-0.2, -0.15) is 0 Å². The van der Waals surface area contributed by atoms with Crippen molar-refractivity contribution < 1.29 is 9.47 Å². The molecule has 3 rings (SSSR count). The molecular weight excluding hydrogens is 290 g/mol. The minimum absolute atomic E-state index is 0.0977. The molecule has 1 fully saturated rings. The van der Waals surface area contributed by atoms with Crippen LogP contribution < -0.4 is 5.32 Å². The zero-order valence-electron chi connectivity index (χ0n) is 13.7. The highest BCUT2D eigenvalue weighted by Gasteiger charge is 2.27. The summed E-state index contributed by atoms with van der Waals surface area (Å²) in [4.78, 5) is 8.70. The molecule has 5 nitrogen and oxygen atoms in total. The van der Waals surface area contributed by atoms with E-state index in [1.807, 2.05) is 38.2 Å². The van der Waals surface area contributed by atoms with Crippen molar-refractivity contribution in [3.8, 4) is 0 Å². The van der Waals surface area contributed by atoms with E-state index >= 15 is 0 Å². The normalized spacial score (nSPS) is 21.1. The monoisotopic (exact) mass is 313 g/mol. The summed E-state index contributed by atoms with van der Waals surface area (Å²) in [6.07, 6.45) is 2.83. The van der Waals surface area contributed by atoms with Crippen LogP contribution in [0.3, 0.4) is 0 Å². The third-order valence-corrected chi connectivity index (χ3v) is 4.01. The Morgan fingerprint density at radius 3 is 2.91 bits per heavy atom. The Labute approximate surface area is 137 Å². The van der Waals surface area contributed by atoms with Crippen LogP contribution in [0.25, 0.3) is 0 Å². The van der Waals surface area contributed by atoms with Gasteiger partial charge in [0.15, 0.2) is 0 Å². The second-order valence-electron chi connectivity index (χ2n) is 5.90. The van der Waals surface area contributed by atoms with Crippen molar-refractivity contribution in [2.75, 3.05) is 18.5 Å². The van der Waals surface area contributed by atoms with E-state index < -0.39 is 0 Å². The Balaban J connectivity index is 1.65. The largest absolute Gasteiger partial charge is 0.379 e. The van der Waals surface area contributed by atoms with E-state index in [2.05, 4.69) is 27.4 Å². The predicted octanol–water partition coefficient (Wildman–Crippen LogP) is 2.88. The van der Waals surface area contributed by atoms with Gasteiger partial charge in [0.05, 0.1) is 25.4 Å². The highest BCUT2D eigenvalue weighted by Crippen LogP contribution is 2.19. The van der Waals surface area contributed by atoms with Gasteiger partial charge in [-0.15, -0.1) is 0 Å². The van der Waals surface area contributed by atoms with Gasteiger partial charge in [-0.25, -0.2) is 9.97 Å². The van der Waals surface area contributed by atoms with E-state index in [1.54, 1.807) is 0 Å². The number of benzene rings is 1. The van der Waals surface area contributed by atoms with Crippen LogP contribution in [0.15, 0.2) is 36.5 Å². The van der Waals surface area contributed by atoms with Gasteiger partial charge in [-0.05, 0) is 25.8 Å². The van der Waals surface area contributed by atoms with Crippen molar-refractivity contribution in [2.24, 2.45) is 0 Å². The highest BCUT2D eigenvalue weighted by molar-refractivity contribution is 5.43. The molecule has 5 heteroatoms. The molecule has 0 bridgehead atoms. The number of aryl methyl sites for hydroxylation is 2. The predicted molar refractivity (Wildman–Crippen MR) is 89.4 cm³/mol. The average Bonchev–Trinajstić information content (AvgIpc) is 2.58. The lowest BCUT2D eigenvalue weighted by molar-refractivity contribution is -0.0479. The van der Waals surface area contributed by atoms with Crippen molar-refractivity contribution in [1.82, 2.24) is 9.97 Å². The number of aromatic nitrogens is 2. The fraction of sp³-hybridized carbons (Fsp3) is 0.444. The molecule has 2 aromatic rings. The van der Waals surface area contributed by atoms with Crippen molar-refractivity contribution in [2.45, 2.75) is 39.0 Å². The Kier molecular flexibility index (Phi) is 5.20. The number of ether oxygens (including phenoxy) is 2. The van der Waals surface area contributed by atoms with E-state index in [4.69, 9.17) is 9.47 Å². The lowest BCUT2D eigenvalue weighted by atomic mass is 10.1. The van der Waals surface area contributed by atoms with E-state index in [0.29, 0.717) is 13.2 Å².